The molecule has 106 valence electrons. The van der Waals surface area contributed by atoms with E-state index in [0.29, 0.717) is 6.42 Å². The zero-order chi connectivity index (χ0) is 13.8. The van der Waals surface area contributed by atoms with E-state index in [-0.39, 0.29) is 0 Å². The van der Waals surface area contributed by atoms with Gasteiger partial charge in [0.2, 0.25) is 0 Å². The molecule has 0 amide bonds. The molecular formula is C13H27N3O2. The molecule has 18 heavy (non-hydrogen) atoms. The molecule has 5 heteroatoms. The van der Waals surface area contributed by atoms with Gasteiger partial charge < -0.3 is 20.6 Å². The third kappa shape index (κ3) is 4.92. The van der Waals surface area contributed by atoms with Crippen LogP contribution in [0.2, 0.25) is 0 Å². The Kier molecular flexibility index (Phi) is 5.56. The second-order valence-electron chi connectivity index (χ2n) is 6.01. The van der Waals surface area contributed by atoms with Crippen LogP contribution in [0.5, 0.6) is 0 Å². The summed E-state index contributed by atoms with van der Waals surface area (Å²) < 4.78 is 0. The van der Waals surface area contributed by atoms with Gasteiger partial charge in [-0.1, -0.05) is 0 Å². The Hall–Kier alpha value is -0.650. The van der Waals surface area contributed by atoms with Crippen molar-refractivity contribution < 1.29 is 9.90 Å². The van der Waals surface area contributed by atoms with E-state index in [1.165, 1.54) is 19.5 Å². The minimum atomic E-state index is -1.09. The maximum atomic E-state index is 10.9. The molecular weight excluding hydrogens is 230 g/mol. The van der Waals surface area contributed by atoms with Crippen LogP contribution in [0.1, 0.15) is 26.2 Å². The number of aliphatic carboxylic acids is 1. The first-order chi connectivity index (χ1) is 8.31. The maximum Gasteiger partial charge on any atom is 0.323 e. The Morgan fingerprint density at radius 1 is 1.61 bits per heavy atom. The predicted octanol–water partition coefficient (Wildman–Crippen LogP) is 0.452. The van der Waals surface area contributed by atoms with Gasteiger partial charge in [-0.2, -0.15) is 0 Å². The normalized spacial score (nSPS) is 24.4. The fourth-order valence-corrected chi connectivity index (χ4v) is 2.53. The molecule has 5 nitrogen and oxygen atoms in total. The number of rotatable bonds is 7. The average molecular weight is 257 g/mol. The van der Waals surface area contributed by atoms with Gasteiger partial charge >= 0.3 is 5.97 Å². The lowest BCUT2D eigenvalue weighted by Crippen LogP contribution is -2.45. The highest BCUT2D eigenvalue weighted by Gasteiger charge is 2.27. The second kappa shape index (κ2) is 6.50. The van der Waals surface area contributed by atoms with Crippen molar-refractivity contribution in [2.75, 3.05) is 40.3 Å². The lowest BCUT2D eigenvalue weighted by molar-refractivity contribution is -0.142. The van der Waals surface area contributed by atoms with Gasteiger partial charge in [-0.05, 0) is 59.3 Å². The summed E-state index contributed by atoms with van der Waals surface area (Å²) in [7, 11) is 4.26. The highest BCUT2D eigenvalue weighted by molar-refractivity contribution is 5.77. The summed E-state index contributed by atoms with van der Waals surface area (Å²) in [5.41, 5.74) is 4.61. The fourth-order valence-electron chi connectivity index (χ4n) is 2.53. The summed E-state index contributed by atoms with van der Waals surface area (Å²) in [6.07, 6.45) is 2.63. The lowest BCUT2D eigenvalue weighted by Gasteiger charge is -2.23. The Labute approximate surface area is 110 Å². The predicted molar refractivity (Wildman–Crippen MR) is 72.6 cm³/mol. The van der Waals surface area contributed by atoms with Crippen molar-refractivity contribution in [1.82, 2.24) is 9.80 Å². The molecule has 0 aromatic heterocycles. The van der Waals surface area contributed by atoms with Crippen LogP contribution in [0.4, 0.5) is 0 Å². The van der Waals surface area contributed by atoms with Crippen molar-refractivity contribution in [2.24, 2.45) is 11.7 Å². The van der Waals surface area contributed by atoms with E-state index in [9.17, 15) is 4.79 Å². The van der Waals surface area contributed by atoms with Crippen molar-refractivity contribution in [3.8, 4) is 0 Å². The van der Waals surface area contributed by atoms with Gasteiger partial charge in [-0.25, -0.2) is 0 Å². The van der Waals surface area contributed by atoms with Crippen LogP contribution in [-0.2, 0) is 4.79 Å². The van der Waals surface area contributed by atoms with Crippen molar-refractivity contribution in [3.63, 3.8) is 0 Å². The van der Waals surface area contributed by atoms with Gasteiger partial charge in [0.25, 0.3) is 0 Å². The van der Waals surface area contributed by atoms with Crippen LogP contribution in [-0.4, -0.2) is 66.7 Å². The maximum absolute atomic E-state index is 10.9. The zero-order valence-corrected chi connectivity index (χ0v) is 11.9. The first-order valence-corrected chi connectivity index (χ1v) is 6.70. The third-order valence-electron chi connectivity index (χ3n) is 3.78. The molecule has 1 fully saturated rings. The zero-order valence-electron chi connectivity index (χ0n) is 11.9. The number of hydrogen-bond acceptors (Lipinski definition) is 4. The molecule has 1 rings (SSSR count). The van der Waals surface area contributed by atoms with Crippen LogP contribution in [0, 0.1) is 5.92 Å². The molecule has 1 aliphatic heterocycles. The van der Waals surface area contributed by atoms with Crippen LogP contribution in [0.25, 0.3) is 0 Å². The highest BCUT2D eigenvalue weighted by Crippen LogP contribution is 2.16. The van der Waals surface area contributed by atoms with E-state index >= 15 is 0 Å². The van der Waals surface area contributed by atoms with Crippen molar-refractivity contribution in [2.45, 2.75) is 31.7 Å². The molecule has 2 atom stereocenters. The topological polar surface area (TPSA) is 69.8 Å². The number of carboxylic acid groups (broad SMARTS) is 1. The summed E-state index contributed by atoms with van der Waals surface area (Å²) in [4.78, 5) is 15.5. The highest BCUT2D eigenvalue weighted by atomic mass is 16.4. The SMILES string of the molecule is CN(CCCC(C)(N)C(=O)O)CC1CCN(C)C1. The number of nitrogens with zero attached hydrogens (tertiary/aromatic N) is 2. The second-order valence-corrected chi connectivity index (χ2v) is 6.01. The molecule has 0 aromatic rings. The molecule has 0 saturated carbocycles. The van der Waals surface area contributed by atoms with Crippen LogP contribution in [0.15, 0.2) is 0 Å². The van der Waals surface area contributed by atoms with Crippen LogP contribution < -0.4 is 5.73 Å². The minimum Gasteiger partial charge on any atom is -0.480 e. The van der Waals surface area contributed by atoms with Crippen molar-refractivity contribution in [3.05, 3.63) is 0 Å². The number of carboxylic acids is 1. The first-order valence-electron chi connectivity index (χ1n) is 6.70. The van der Waals surface area contributed by atoms with E-state index < -0.39 is 11.5 Å². The van der Waals surface area contributed by atoms with Crippen LogP contribution >= 0.6 is 0 Å². The van der Waals surface area contributed by atoms with Gasteiger partial charge in [0, 0.05) is 13.1 Å². The lowest BCUT2D eigenvalue weighted by atomic mass is 9.97. The Balaban J connectivity index is 2.17. The molecule has 0 aromatic carbocycles. The fraction of sp³-hybridized carbons (Fsp3) is 0.923. The number of nitrogens with two attached hydrogens (primary N) is 1. The van der Waals surface area contributed by atoms with Crippen molar-refractivity contribution in [1.29, 1.82) is 0 Å². The number of carbonyl (C=O) groups is 1. The Morgan fingerprint density at radius 2 is 2.28 bits per heavy atom. The molecule has 1 heterocycles. The van der Waals surface area contributed by atoms with Crippen molar-refractivity contribution >= 4 is 5.97 Å². The quantitative estimate of drug-likeness (QED) is 0.693. The molecule has 0 radical (unpaired) electrons. The number of likely N-dealkylation sites (tertiary alicyclic amines) is 1. The van der Waals surface area contributed by atoms with E-state index in [2.05, 4.69) is 23.9 Å². The van der Waals surface area contributed by atoms with E-state index in [4.69, 9.17) is 10.8 Å². The van der Waals surface area contributed by atoms with Gasteiger partial charge in [-0.3, -0.25) is 4.79 Å². The molecule has 0 aliphatic carbocycles. The largest absolute Gasteiger partial charge is 0.480 e. The van der Waals surface area contributed by atoms with E-state index in [0.717, 1.165) is 25.4 Å². The number of hydrogen-bond donors (Lipinski definition) is 2. The Morgan fingerprint density at radius 3 is 2.78 bits per heavy atom. The first kappa shape index (κ1) is 15.4. The molecule has 0 bridgehead atoms. The van der Waals surface area contributed by atoms with Crippen LogP contribution in [0.3, 0.4) is 0 Å². The summed E-state index contributed by atoms with van der Waals surface area (Å²) in [6.45, 7) is 5.96. The van der Waals surface area contributed by atoms with Gasteiger partial charge in [-0.15, -0.1) is 0 Å². The molecule has 2 unspecified atom stereocenters. The van der Waals surface area contributed by atoms with Gasteiger partial charge in [0.05, 0.1) is 0 Å². The molecule has 3 N–H and O–H groups in total. The summed E-state index contributed by atoms with van der Waals surface area (Å²) >= 11 is 0. The van der Waals surface area contributed by atoms with E-state index in [1.807, 2.05) is 0 Å². The van der Waals surface area contributed by atoms with Gasteiger partial charge in [0.1, 0.15) is 5.54 Å². The van der Waals surface area contributed by atoms with Gasteiger partial charge in [0.15, 0.2) is 0 Å². The molecule has 1 aliphatic rings. The summed E-state index contributed by atoms with van der Waals surface area (Å²) in [5.74, 6) is -0.161. The third-order valence-corrected chi connectivity index (χ3v) is 3.78. The average Bonchev–Trinajstić information content (AvgIpc) is 2.63. The standard InChI is InChI=1S/C13H27N3O2/c1-13(14,12(17)18)6-4-7-15(2)9-11-5-8-16(3)10-11/h11H,4-10,14H2,1-3H3,(H,17,18). The summed E-state index contributed by atoms with van der Waals surface area (Å²) in [5, 5.41) is 8.92. The smallest absolute Gasteiger partial charge is 0.323 e. The minimum absolute atomic E-state index is 0.525. The summed E-state index contributed by atoms with van der Waals surface area (Å²) in [6, 6.07) is 0. The van der Waals surface area contributed by atoms with E-state index in [1.54, 1.807) is 6.92 Å². The Bertz CT molecular complexity index is 281. The monoisotopic (exact) mass is 257 g/mol. The molecule has 0 spiro atoms. The molecule has 1 saturated heterocycles.